The summed E-state index contributed by atoms with van der Waals surface area (Å²) in [5, 5.41) is 12.9. The minimum Gasteiger partial charge on any atom is -0.492 e. The van der Waals surface area contributed by atoms with Crippen molar-refractivity contribution in [2.45, 2.75) is 76.3 Å². The number of carbonyl (C=O) groups excluding carboxylic acids is 1. The Morgan fingerprint density at radius 3 is 2.49 bits per heavy atom. The molecule has 0 unspecified atom stereocenters. The number of alkyl halides is 2. The summed E-state index contributed by atoms with van der Waals surface area (Å²) >= 11 is 6.52. The molecule has 5 aliphatic rings. The van der Waals surface area contributed by atoms with Gasteiger partial charge in [-0.1, -0.05) is 31.5 Å². The van der Waals surface area contributed by atoms with Gasteiger partial charge in [-0.25, -0.2) is 13.6 Å². The summed E-state index contributed by atoms with van der Waals surface area (Å²) in [6.07, 6.45) is 3.19. The molecule has 0 spiro atoms. The second kappa shape index (κ2) is 7.82. The highest BCUT2D eigenvalue weighted by atomic mass is 35.5. The fourth-order valence-electron chi connectivity index (χ4n) is 6.21. The Morgan fingerprint density at radius 1 is 1.29 bits per heavy atom. The van der Waals surface area contributed by atoms with E-state index in [0.29, 0.717) is 53.7 Å². The topological polar surface area (TPSA) is 78.9 Å². The maximum Gasteiger partial charge on any atom is 0.322 e. The number of ether oxygens (including phenoxy) is 1. The lowest BCUT2D eigenvalue weighted by Gasteiger charge is -2.71. The van der Waals surface area contributed by atoms with Crippen molar-refractivity contribution in [3.05, 3.63) is 40.6 Å². The van der Waals surface area contributed by atoms with Crippen LogP contribution in [0.5, 0.6) is 5.75 Å². The molecule has 6 nitrogen and oxygen atoms in total. The van der Waals surface area contributed by atoms with E-state index in [4.69, 9.17) is 16.3 Å². The van der Waals surface area contributed by atoms with Gasteiger partial charge in [0.2, 0.25) is 5.92 Å². The van der Waals surface area contributed by atoms with Crippen LogP contribution in [0.2, 0.25) is 5.02 Å². The number of hydrogen-bond donors (Lipinski definition) is 2. The van der Waals surface area contributed by atoms with E-state index in [0.717, 1.165) is 6.42 Å². The van der Waals surface area contributed by atoms with Gasteiger partial charge in [0.1, 0.15) is 5.75 Å². The predicted molar refractivity (Wildman–Crippen MR) is 127 cm³/mol. The van der Waals surface area contributed by atoms with Gasteiger partial charge >= 0.3 is 12.0 Å². The van der Waals surface area contributed by atoms with E-state index < -0.39 is 34.3 Å². The van der Waals surface area contributed by atoms with Crippen molar-refractivity contribution in [2.24, 2.45) is 17.3 Å². The first-order chi connectivity index (χ1) is 16.3. The zero-order valence-corrected chi connectivity index (χ0v) is 20.9. The van der Waals surface area contributed by atoms with Crippen LogP contribution in [0.4, 0.5) is 13.6 Å². The number of benzene rings is 1. The van der Waals surface area contributed by atoms with Crippen molar-refractivity contribution in [3.8, 4) is 5.75 Å². The van der Waals surface area contributed by atoms with E-state index in [-0.39, 0.29) is 18.9 Å². The number of amides is 2. The lowest BCUT2D eigenvalue weighted by atomic mass is 9.38. The van der Waals surface area contributed by atoms with Crippen LogP contribution in [-0.2, 0) is 10.3 Å². The Bertz CT molecular complexity index is 1090. The van der Waals surface area contributed by atoms with Gasteiger partial charge in [0.05, 0.1) is 28.1 Å². The number of carboxylic acids is 1. The number of carbonyl (C=O) groups is 2. The molecular weight excluding hydrogens is 478 g/mol. The second-order valence-electron chi connectivity index (χ2n) is 11.5. The number of urea groups is 1. The molecule has 0 aromatic heterocycles. The Balaban J connectivity index is 1.44. The largest absolute Gasteiger partial charge is 0.492 e. The summed E-state index contributed by atoms with van der Waals surface area (Å²) < 4.78 is 33.6. The number of carboxylic acid groups (broad SMARTS) is 1. The number of nitrogens with zero attached hydrogens (tertiary/aromatic N) is 1. The van der Waals surface area contributed by atoms with Crippen LogP contribution in [-0.4, -0.2) is 40.1 Å². The van der Waals surface area contributed by atoms with E-state index >= 15 is 0 Å². The molecule has 0 saturated heterocycles. The molecule has 2 bridgehead atoms. The highest BCUT2D eigenvalue weighted by Gasteiger charge is 2.75. The molecule has 1 aromatic carbocycles. The summed E-state index contributed by atoms with van der Waals surface area (Å²) in [5.41, 5.74) is -0.942. The number of hydrogen-bond acceptors (Lipinski definition) is 3. The van der Waals surface area contributed by atoms with Crippen molar-refractivity contribution in [1.82, 2.24) is 10.2 Å². The van der Waals surface area contributed by atoms with Crippen LogP contribution >= 0.6 is 11.6 Å². The van der Waals surface area contributed by atoms with Crippen molar-refractivity contribution in [3.63, 3.8) is 0 Å². The average Bonchev–Trinajstić information content (AvgIpc) is 2.66. The highest BCUT2D eigenvalue weighted by Crippen LogP contribution is 2.70. The average molecular weight is 509 g/mol. The molecule has 4 fully saturated rings. The minimum atomic E-state index is -2.73. The summed E-state index contributed by atoms with van der Waals surface area (Å²) in [5.74, 6) is -2.94. The first-order valence-corrected chi connectivity index (χ1v) is 12.5. The van der Waals surface area contributed by atoms with Crippen molar-refractivity contribution >= 4 is 23.6 Å². The lowest BCUT2D eigenvalue weighted by Crippen LogP contribution is -2.78. The van der Waals surface area contributed by atoms with Gasteiger partial charge in [0.25, 0.3) is 0 Å². The molecule has 6 rings (SSSR count). The molecule has 1 aromatic rings. The number of rotatable bonds is 8. The SMILES string of the molecule is CC(C)CCOc1ccc([C@]2(C)NC(=O)N(C34CC(C(=O)O)(C3)C4)C=C2C2CC(F)(F)C2)cc1Cl. The standard InChI is InChI=1S/C26H31ClF2N2O4/c1-15(2)6-7-35-20-5-4-17(8-19(20)27)23(3)18(16-9-26(28,29)10-16)11-31(22(34)30-23)25-12-24(13-25,14-25)21(32)33/h4-5,8,11,15-16H,6-7,9-10,12-14H2,1-3H3,(H,30,34)(H,32,33)/t23-,24?,25?/m0/s1. The molecule has 1 atom stereocenters. The van der Waals surface area contributed by atoms with Crippen molar-refractivity contribution in [2.75, 3.05) is 6.61 Å². The summed E-state index contributed by atoms with van der Waals surface area (Å²) in [7, 11) is 0. The third kappa shape index (κ3) is 3.79. The van der Waals surface area contributed by atoms with Crippen molar-refractivity contribution < 1.29 is 28.2 Å². The molecular formula is C26H31ClF2N2O4. The predicted octanol–water partition coefficient (Wildman–Crippen LogP) is 5.94. The molecule has 4 aliphatic carbocycles. The third-order valence-corrected chi connectivity index (χ3v) is 8.68. The summed E-state index contributed by atoms with van der Waals surface area (Å²) in [6, 6.07) is 4.95. The monoisotopic (exact) mass is 508 g/mol. The summed E-state index contributed by atoms with van der Waals surface area (Å²) in [4.78, 5) is 26.4. The van der Waals surface area contributed by atoms with Crippen LogP contribution in [0.15, 0.2) is 30.0 Å². The third-order valence-electron chi connectivity index (χ3n) is 8.38. The Kier molecular flexibility index (Phi) is 5.44. The molecule has 1 aliphatic heterocycles. The van der Waals surface area contributed by atoms with Crippen molar-refractivity contribution in [1.29, 1.82) is 0 Å². The first-order valence-electron chi connectivity index (χ1n) is 12.2. The zero-order valence-electron chi connectivity index (χ0n) is 20.2. The van der Waals surface area contributed by atoms with Crippen LogP contribution in [0, 0.1) is 17.3 Å². The van der Waals surface area contributed by atoms with Gasteiger partial charge in [-0.2, -0.15) is 0 Å². The van der Waals surface area contributed by atoms with E-state index in [1.165, 1.54) is 0 Å². The maximum absolute atomic E-state index is 13.9. The normalized spacial score (nSPS) is 33.3. The fraction of sp³-hybridized carbons (Fsp3) is 0.615. The number of halogens is 3. The molecule has 2 N–H and O–H groups in total. The van der Waals surface area contributed by atoms with Gasteiger partial charge in [-0.15, -0.1) is 0 Å². The Morgan fingerprint density at radius 2 is 1.94 bits per heavy atom. The molecule has 35 heavy (non-hydrogen) atoms. The zero-order chi connectivity index (χ0) is 25.4. The van der Waals surface area contributed by atoms with Gasteiger partial charge in [-0.3, -0.25) is 9.69 Å². The maximum atomic E-state index is 13.9. The van der Waals surface area contributed by atoms with Gasteiger partial charge in [0.15, 0.2) is 0 Å². The molecule has 190 valence electrons. The first kappa shape index (κ1) is 24.3. The number of aliphatic carboxylic acids is 1. The van der Waals surface area contributed by atoms with E-state index in [1.807, 2.05) is 13.0 Å². The Hall–Kier alpha value is -2.35. The molecule has 2 amide bonds. The summed E-state index contributed by atoms with van der Waals surface area (Å²) in [6.45, 7) is 6.56. The highest BCUT2D eigenvalue weighted by molar-refractivity contribution is 6.32. The van der Waals surface area contributed by atoms with Crippen LogP contribution in [0.25, 0.3) is 0 Å². The minimum absolute atomic E-state index is 0.283. The lowest BCUT2D eigenvalue weighted by molar-refractivity contribution is -0.215. The molecule has 1 heterocycles. The van der Waals surface area contributed by atoms with Gasteiger partial charge in [0, 0.05) is 19.0 Å². The molecule has 4 saturated carbocycles. The quantitative estimate of drug-likeness (QED) is 0.455. The molecule has 9 heteroatoms. The van der Waals surface area contributed by atoms with Gasteiger partial charge < -0.3 is 15.2 Å². The number of nitrogens with one attached hydrogen (secondary N) is 1. The van der Waals surface area contributed by atoms with Crippen LogP contribution in [0.3, 0.4) is 0 Å². The fourth-order valence-corrected chi connectivity index (χ4v) is 6.44. The smallest absolute Gasteiger partial charge is 0.322 e. The van der Waals surface area contributed by atoms with E-state index in [2.05, 4.69) is 19.2 Å². The van der Waals surface area contributed by atoms with Crippen LogP contribution in [0.1, 0.15) is 64.9 Å². The van der Waals surface area contributed by atoms with Gasteiger partial charge in [-0.05, 0) is 67.7 Å². The molecule has 0 radical (unpaired) electrons. The van der Waals surface area contributed by atoms with E-state index in [9.17, 15) is 23.5 Å². The Labute approximate surface area is 208 Å². The van der Waals surface area contributed by atoms with E-state index in [1.54, 1.807) is 23.2 Å². The second-order valence-corrected chi connectivity index (χ2v) is 11.9. The van der Waals surface area contributed by atoms with Crippen LogP contribution < -0.4 is 10.1 Å².